The van der Waals surface area contributed by atoms with Crippen LogP contribution in [-0.4, -0.2) is 38.5 Å². The molecule has 2 heterocycles. The zero-order valence-corrected chi connectivity index (χ0v) is 18.3. The number of hydrogen-bond donors (Lipinski definition) is 1. The average molecular weight is 433 g/mol. The van der Waals surface area contributed by atoms with Gasteiger partial charge in [-0.15, -0.1) is 0 Å². The van der Waals surface area contributed by atoms with Gasteiger partial charge in [-0.05, 0) is 36.8 Å². The van der Waals surface area contributed by atoms with Crippen LogP contribution in [0.1, 0.15) is 62.1 Å². The first-order valence-electron chi connectivity index (χ1n) is 11.2. The van der Waals surface area contributed by atoms with Gasteiger partial charge in [0.25, 0.3) is 5.89 Å². The van der Waals surface area contributed by atoms with E-state index in [-0.39, 0.29) is 12.5 Å². The Bertz CT molecular complexity index is 1060. The van der Waals surface area contributed by atoms with Crippen LogP contribution in [0.25, 0.3) is 11.4 Å². The molecular formula is C25H28N4O3. The number of hydrazone groups is 1. The van der Waals surface area contributed by atoms with Crippen molar-refractivity contribution >= 4 is 11.7 Å². The number of benzene rings is 2. The lowest BCUT2D eigenvalue weighted by molar-refractivity contribution is -0.137. The Labute approximate surface area is 187 Å². The van der Waals surface area contributed by atoms with Crippen molar-refractivity contribution in [2.24, 2.45) is 5.10 Å². The predicted molar refractivity (Wildman–Crippen MR) is 122 cm³/mol. The Balaban J connectivity index is 1.43. The van der Waals surface area contributed by atoms with Crippen molar-refractivity contribution in [2.75, 3.05) is 6.54 Å². The highest BCUT2D eigenvalue weighted by atomic mass is 16.5. The van der Waals surface area contributed by atoms with Gasteiger partial charge in [-0.3, -0.25) is 9.80 Å². The van der Waals surface area contributed by atoms with E-state index in [4.69, 9.17) is 14.7 Å². The van der Waals surface area contributed by atoms with Gasteiger partial charge < -0.3 is 9.63 Å². The second kappa shape index (κ2) is 10.2. The fourth-order valence-electron chi connectivity index (χ4n) is 3.97. The number of carbonyl (C=O) groups is 1. The van der Waals surface area contributed by atoms with E-state index in [1.807, 2.05) is 30.3 Å². The van der Waals surface area contributed by atoms with E-state index in [2.05, 4.69) is 46.3 Å². The van der Waals surface area contributed by atoms with Crippen LogP contribution in [0, 0.1) is 0 Å². The lowest BCUT2D eigenvalue weighted by Gasteiger charge is -2.23. The van der Waals surface area contributed by atoms with E-state index in [9.17, 15) is 4.79 Å². The van der Waals surface area contributed by atoms with Crippen molar-refractivity contribution < 1.29 is 14.4 Å². The van der Waals surface area contributed by atoms with Crippen LogP contribution < -0.4 is 0 Å². The molecule has 1 aromatic heterocycles. The molecule has 7 nitrogen and oxygen atoms in total. The first-order valence-corrected chi connectivity index (χ1v) is 11.2. The van der Waals surface area contributed by atoms with Crippen LogP contribution >= 0.6 is 0 Å². The number of aryl methyl sites for hydroxylation is 1. The first-order chi connectivity index (χ1) is 15.6. The minimum absolute atomic E-state index is 0.182. The molecule has 0 amide bonds. The Kier molecular flexibility index (Phi) is 6.94. The van der Waals surface area contributed by atoms with Gasteiger partial charge in [-0.2, -0.15) is 10.1 Å². The number of aliphatic carboxylic acids is 1. The van der Waals surface area contributed by atoms with Crippen LogP contribution in [0.15, 0.2) is 64.2 Å². The van der Waals surface area contributed by atoms with E-state index in [1.54, 1.807) is 0 Å². The van der Waals surface area contributed by atoms with Crippen LogP contribution in [0.4, 0.5) is 0 Å². The normalized spacial score (nSPS) is 15.7. The van der Waals surface area contributed by atoms with Crippen molar-refractivity contribution in [3.63, 3.8) is 0 Å². The highest BCUT2D eigenvalue weighted by Gasteiger charge is 2.31. The summed E-state index contributed by atoms with van der Waals surface area (Å²) in [6, 6.07) is 18.6. The number of carboxylic acid groups (broad SMARTS) is 1. The largest absolute Gasteiger partial charge is 0.481 e. The fraction of sp³-hybridized carbons (Fsp3) is 0.360. The molecule has 0 saturated heterocycles. The lowest BCUT2D eigenvalue weighted by atomic mass is 10.0. The second-order valence-electron chi connectivity index (χ2n) is 8.06. The summed E-state index contributed by atoms with van der Waals surface area (Å²) in [6.45, 7) is 3.02. The van der Waals surface area contributed by atoms with E-state index >= 15 is 0 Å². The molecule has 3 aromatic rings. The Morgan fingerprint density at radius 3 is 2.62 bits per heavy atom. The molecule has 7 heteroatoms. The fourth-order valence-corrected chi connectivity index (χ4v) is 3.97. The van der Waals surface area contributed by atoms with Crippen LogP contribution in [0.3, 0.4) is 0 Å². The van der Waals surface area contributed by atoms with E-state index < -0.39 is 5.97 Å². The van der Waals surface area contributed by atoms with Gasteiger partial charge in [0.05, 0.1) is 6.04 Å². The van der Waals surface area contributed by atoms with Gasteiger partial charge in [-0.25, -0.2) is 0 Å². The third-order valence-electron chi connectivity index (χ3n) is 5.62. The Morgan fingerprint density at radius 1 is 1.12 bits per heavy atom. The summed E-state index contributed by atoms with van der Waals surface area (Å²) in [5.41, 5.74) is 4.11. The first kappa shape index (κ1) is 21.7. The highest BCUT2D eigenvalue weighted by Crippen LogP contribution is 2.32. The summed E-state index contributed by atoms with van der Waals surface area (Å²) < 4.78 is 5.57. The number of hydrogen-bond acceptors (Lipinski definition) is 6. The lowest BCUT2D eigenvalue weighted by Crippen LogP contribution is -2.20. The second-order valence-corrected chi connectivity index (χ2v) is 8.06. The van der Waals surface area contributed by atoms with Crippen molar-refractivity contribution in [3.8, 4) is 11.4 Å². The maximum absolute atomic E-state index is 10.6. The number of carboxylic acids is 1. The molecule has 0 radical (unpaired) electrons. The summed E-state index contributed by atoms with van der Waals surface area (Å²) in [5, 5.41) is 19.8. The maximum atomic E-state index is 10.6. The summed E-state index contributed by atoms with van der Waals surface area (Å²) in [4.78, 5) is 15.2. The van der Waals surface area contributed by atoms with E-state index in [0.717, 1.165) is 43.5 Å². The molecule has 1 N–H and O–H groups in total. The highest BCUT2D eigenvalue weighted by molar-refractivity contribution is 5.98. The number of nitrogens with zero attached hydrogens (tertiary/aromatic N) is 4. The molecule has 32 heavy (non-hydrogen) atoms. The third-order valence-corrected chi connectivity index (χ3v) is 5.62. The smallest absolute Gasteiger partial charge is 0.303 e. The maximum Gasteiger partial charge on any atom is 0.303 e. The molecule has 1 atom stereocenters. The van der Waals surface area contributed by atoms with Crippen molar-refractivity contribution in [1.29, 1.82) is 0 Å². The van der Waals surface area contributed by atoms with Crippen LogP contribution in [0.5, 0.6) is 0 Å². The number of aromatic nitrogens is 2. The van der Waals surface area contributed by atoms with Crippen molar-refractivity contribution in [1.82, 2.24) is 15.1 Å². The van der Waals surface area contributed by atoms with Crippen molar-refractivity contribution in [3.05, 3.63) is 71.6 Å². The minimum atomic E-state index is -0.743. The predicted octanol–water partition coefficient (Wildman–Crippen LogP) is 5.10. The van der Waals surface area contributed by atoms with Crippen LogP contribution in [0.2, 0.25) is 0 Å². The number of rotatable bonds is 10. The third kappa shape index (κ3) is 5.22. The molecule has 0 spiro atoms. The van der Waals surface area contributed by atoms with Gasteiger partial charge >= 0.3 is 5.97 Å². The quantitative estimate of drug-likeness (QED) is 0.448. The van der Waals surface area contributed by atoms with E-state index in [0.29, 0.717) is 18.1 Å². The van der Waals surface area contributed by atoms with Gasteiger partial charge in [0, 0.05) is 24.9 Å². The standard InChI is InChI=1S/C25H28N4O3/c1-2-16-29-22(19-9-4-3-5-10-19)17-21(27-29)25-26-24(28-32-25)20-14-12-18(13-15-20)8-6-7-11-23(30)31/h3-5,9-10,12-15,22H,2,6-8,11,16-17H2,1H3,(H,30,31). The van der Waals surface area contributed by atoms with Crippen LogP contribution in [-0.2, 0) is 11.2 Å². The van der Waals surface area contributed by atoms with E-state index in [1.165, 1.54) is 11.1 Å². The Morgan fingerprint density at radius 2 is 1.91 bits per heavy atom. The molecular weight excluding hydrogens is 404 g/mol. The van der Waals surface area contributed by atoms with Gasteiger partial charge in [0.15, 0.2) is 0 Å². The van der Waals surface area contributed by atoms with Gasteiger partial charge in [0.1, 0.15) is 5.71 Å². The topological polar surface area (TPSA) is 91.8 Å². The molecule has 1 aliphatic rings. The molecule has 0 fully saturated rings. The molecule has 0 saturated carbocycles. The van der Waals surface area contributed by atoms with Gasteiger partial charge in [-0.1, -0.05) is 66.7 Å². The Hall–Kier alpha value is -3.48. The summed E-state index contributed by atoms with van der Waals surface area (Å²) in [5.74, 6) is 0.274. The van der Waals surface area contributed by atoms with Gasteiger partial charge in [0.2, 0.25) is 5.82 Å². The number of unbranched alkanes of at least 4 members (excludes halogenated alkanes) is 1. The zero-order chi connectivity index (χ0) is 22.3. The molecule has 1 aliphatic heterocycles. The molecule has 0 aliphatic carbocycles. The molecule has 0 bridgehead atoms. The summed E-state index contributed by atoms with van der Waals surface area (Å²) in [7, 11) is 0. The molecule has 4 rings (SSSR count). The monoisotopic (exact) mass is 432 g/mol. The minimum Gasteiger partial charge on any atom is -0.481 e. The summed E-state index contributed by atoms with van der Waals surface area (Å²) >= 11 is 0. The average Bonchev–Trinajstić information content (AvgIpc) is 3.46. The summed E-state index contributed by atoms with van der Waals surface area (Å²) in [6.07, 6.45) is 4.37. The SMILES string of the molecule is CCCN1N=C(c2nc(-c3ccc(CCCCC(=O)O)cc3)no2)CC1c1ccccc1. The molecule has 2 aromatic carbocycles. The van der Waals surface area contributed by atoms with Crippen molar-refractivity contribution in [2.45, 2.75) is 51.5 Å². The molecule has 1 unspecified atom stereocenters. The zero-order valence-electron chi connectivity index (χ0n) is 18.3. The molecule has 166 valence electrons.